The van der Waals surface area contributed by atoms with Gasteiger partial charge < -0.3 is 10.2 Å². The highest BCUT2D eigenvalue weighted by Crippen LogP contribution is 2.16. The van der Waals surface area contributed by atoms with Gasteiger partial charge in [-0.15, -0.1) is 0 Å². The number of halogens is 1. The maximum atomic E-state index is 13.0. The van der Waals surface area contributed by atoms with Crippen LogP contribution in [0.15, 0.2) is 24.3 Å². The van der Waals surface area contributed by atoms with E-state index in [4.69, 9.17) is 0 Å². The second-order valence-electron chi connectivity index (χ2n) is 5.72. The Morgan fingerprint density at radius 2 is 1.86 bits per heavy atom. The predicted octanol–water partition coefficient (Wildman–Crippen LogP) is 1.11. The van der Waals surface area contributed by atoms with Crippen molar-refractivity contribution in [2.45, 2.75) is 25.9 Å². The quantitative estimate of drug-likeness (QED) is 0.910. The number of nitrogens with one attached hydrogen (secondary N) is 1. The number of rotatable bonds is 3. The lowest BCUT2D eigenvalue weighted by Gasteiger charge is -2.42. The molecule has 0 bridgehead atoms. The fourth-order valence-electron chi connectivity index (χ4n) is 2.67. The molecule has 1 aliphatic heterocycles. The van der Waals surface area contributed by atoms with Gasteiger partial charge in [-0.05, 0) is 38.1 Å². The summed E-state index contributed by atoms with van der Waals surface area (Å²) in [5.41, 5.74) is 0.397. The van der Waals surface area contributed by atoms with E-state index in [0.29, 0.717) is 24.7 Å². The van der Waals surface area contributed by atoms with Crippen LogP contribution in [0, 0.1) is 5.82 Å². The van der Waals surface area contributed by atoms with Crippen LogP contribution in [-0.4, -0.2) is 60.4 Å². The number of benzene rings is 1. The Morgan fingerprint density at radius 3 is 2.41 bits per heavy atom. The number of carbonyl (C=O) groups excluding carboxylic acids is 2. The molecule has 1 aliphatic rings. The van der Waals surface area contributed by atoms with Gasteiger partial charge in [-0.2, -0.15) is 0 Å². The third kappa shape index (κ3) is 3.44. The minimum atomic E-state index is -0.529. The summed E-state index contributed by atoms with van der Waals surface area (Å²) in [5.74, 6) is -0.804. The van der Waals surface area contributed by atoms with Gasteiger partial charge in [0.1, 0.15) is 11.9 Å². The molecule has 0 unspecified atom stereocenters. The molecule has 2 rings (SSSR count). The molecule has 2 amide bonds. The van der Waals surface area contributed by atoms with Gasteiger partial charge in [-0.25, -0.2) is 4.39 Å². The maximum absolute atomic E-state index is 13.0. The van der Waals surface area contributed by atoms with Crippen molar-refractivity contribution in [1.29, 1.82) is 0 Å². The fourth-order valence-corrected chi connectivity index (χ4v) is 2.67. The van der Waals surface area contributed by atoms with Crippen molar-refractivity contribution in [3.05, 3.63) is 35.6 Å². The van der Waals surface area contributed by atoms with E-state index in [1.165, 1.54) is 24.3 Å². The zero-order chi connectivity index (χ0) is 16.3. The van der Waals surface area contributed by atoms with Gasteiger partial charge in [0.2, 0.25) is 5.91 Å². The summed E-state index contributed by atoms with van der Waals surface area (Å²) < 4.78 is 13.0. The number of amides is 2. The monoisotopic (exact) mass is 307 g/mol. The molecule has 120 valence electrons. The van der Waals surface area contributed by atoms with Gasteiger partial charge in [-0.3, -0.25) is 14.5 Å². The van der Waals surface area contributed by atoms with Crippen LogP contribution in [0.3, 0.4) is 0 Å². The lowest BCUT2D eigenvalue weighted by Crippen LogP contribution is -2.61. The van der Waals surface area contributed by atoms with E-state index in [2.05, 4.69) is 24.1 Å². The topological polar surface area (TPSA) is 52.7 Å². The molecule has 5 nitrogen and oxygen atoms in total. The van der Waals surface area contributed by atoms with Crippen molar-refractivity contribution in [3.8, 4) is 0 Å². The van der Waals surface area contributed by atoms with Crippen LogP contribution in [-0.2, 0) is 4.79 Å². The average molecular weight is 307 g/mol. The molecule has 1 fully saturated rings. The summed E-state index contributed by atoms with van der Waals surface area (Å²) in [6.07, 6.45) is 0. The van der Waals surface area contributed by atoms with Gasteiger partial charge in [0, 0.05) is 38.3 Å². The van der Waals surface area contributed by atoms with Gasteiger partial charge >= 0.3 is 0 Å². The zero-order valence-corrected chi connectivity index (χ0v) is 13.2. The van der Waals surface area contributed by atoms with Crippen molar-refractivity contribution < 1.29 is 14.0 Å². The highest BCUT2D eigenvalue weighted by molar-refractivity contribution is 5.97. The molecule has 0 aliphatic carbocycles. The van der Waals surface area contributed by atoms with E-state index in [0.717, 1.165) is 6.54 Å². The molecule has 0 aromatic heterocycles. The first kappa shape index (κ1) is 16.4. The Bertz CT molecular complexity index is 545. The van der Waals surface area contributed by atoms with Crippen LogP contribution in [0.2, 0.25) is 0 Å². The summed E-state index contributed by atoms with van der Waals surface area (Å²) in [6.45, 7) is 5.84. The molecular formula is C16H22FN3O2. The van der Waals surface area contributed by atoms with E-state index < -0.39 is 6.04 Å². The summed E-state index contributed by atoms with van der Waals surface area (Å²) in [7, 11) is 1.57. The normalized spacial score (nSPS) is 19.3. The molecule has 1 saturated heterocycles. The second kappa shape index (κ2) is 6.87. The predicted molar refractivity (Wildman–Crippen MR) is 82.0 cm³/mol. The van der Waals surface area contributed by atoms with Crippen molar-refractivity contribution >= 4 is 11.8 Å². The number of hydrogen-bond donors (Lipinski definition) is 1. The first-order valence-corrected chi connectivity index (χ1v) is 7.46. The minimum Gasteiger partial charge on any atom is -0.357 e. The van der Waals surface area contributed by atoms with Gasteiger partial charge in [0.15, 0.2) is 0 Å². The summed E-state index contributed by atoms with van der Waals surface area (Å²) in [5, 5.41) is 2.62. The number of hydrogen-bond acceptors (Lipinski definition) is 3. The van der Waals surface area contributed by atoms with Gasteiger partial charge in [0.05, 0.1) is 0 Å². The van der Waals surface area contributed by atoms with Crippen LogP contribution in [0.25, 0.3) is 0 Å². The Kier molecular flexibility index (Phi) is 5.13. The molecule has 1 aromatic carbocycles. The fraction of sp³-hybridized carbons (Fsp3) is 0.500. The Hall–Kier alpha value is -1.95. The minimum absolute atomic E-state index is 0.180. The van der Waals surface area contributed by atoms with Crippen LogP contribution in [0.5, 0.6) is 0 Å². The SMILES string of the molecule is CNC(=O)[C@@H]1CN(C(C)C)CCN1C(=O)c1ccc(F)cc1. The van der Waals surface area contributed by atoms with Crippen molar-refractivity contribution in [2.75, 3.05) is 26.7 Å². The largest absolute Gasteiger partial charge is 0.357 e. The summed E-state index contributed by atoms with van der Waals surface area (Å²) >= 11 is 0. The third-order valence-corrected chi connectivity index (χ3v) is 4.04. The number of piperazine rings is 1. The molecular weight excluding hydrogens is 285 g/mol. The van der Waals surface area contributed by atoms with E-state index >= 15 is 0 Å². The smallest absolute Gasteiger partial charge is 0.254 e. The van der Waals surface area contributed by atoms with E-state index in [1.54, 1.807) is 11.9 Å². The van der Waals surface area contributed by atoms with Crippen LogP contribution in [0.1, 0.15) is 24.2 Å². The lowest BCUT2D eigenvalue weighted by atomic mass is 10.1. The molecule has 0 spiro atoms. The third-order valence-electron chi connectivity index (χ3n) is 4.04. The van der Waals surface area contributed by atoms with E-state index in [1.807, 2.05) is 0 Å². The molecule has 1 N–H and O–H groups in total. The maximum Gasteiger partial charge on any atom is 0.254 e. The lowest BCUT2D eigenvalue weighted by molar-refractivity contribution is -0.127. The van der Waals surface area contributed by atoms with Crippen LogP contribution < -0.4 is 5.32 Å². The molecule has 1 heterocycles. The molecule has 0 saturated carbocycles. The highest BCUT2D eigenvalue weighted by atomic mass is 19.1. The number of likely N-dealkylation sites (N-methyl/N-ethyl adjacent to an activating group) is 1. The second-order valence-corrected chi connectivity index (χ2v) is 5.72. The van der Waals surface area contributed by atoms with E-state index in [-0.39, 0.29) is 17.6 Å². The summed E-state index contributed by atoms with van der Waals surface area (Å²) in [4.78, 5) is 28.5. The van der Waals surface area contributed by atoms with Gasteiger partial charge in [0.25, 0.3) is 5.91 Å². The van der Waals surface area contributed by atoms with Crippen LogP contribution in [0.4, 0.5) is 4.39 Å². The zero-order valence-electron chi connectivity index (χ0n) is 13.2. The van der Waals surface area contributed by atoms with Crippen molar-refractivity contribution in [3.63, 3.8) is 0 Å². The van der Waals surface area contributed by atoms with Crippen molar-refractivity contribution in [2.24, 2.45) is 0 Å². The number of carbonyl (C=O) groups is 2. The molecule has 0 radical (unpaired) electrons. The Morgan fingerprint density at radius 1 is 1.23 bits per heavy atom. The molecule has 6 heteroatoms. The molecule has 1 aromatic rings. The Balaban J connectivity index is 2.21. The summed E-state index contributed by atoms with van der Waals surface area (Å²) in [6, 6.07) is 5.20. The van der Waals surface area contributed by atoms with Crippen LogP contribution >= 0.6 is 0 Å². The molecule has 1 atom stereocenters. The highest BCUT2D eigenvalue weighted by Gasteiger charge is 2.35. The molecule has 22 heavy (non-hydrogen) atoms. The first-order chi connectivity index (χ1) is 10.4. The average Bonchev–Trinajstić information content (AvgIpc) is 2.53. The Labute approximate surface area is 130 Å². The number of nitrogens with zero attached hydrogens (tertiary/aromatic N) is 2. The van der Waals surface area contributed by atoms with Crippen molar-refractivity contribution in [1.82, 2.24) is 15.1 Å². The standard InChI is InChI=1S/C16H22FN3O2/c1-11(2)19-8-9-20(14(10-19)15(21)18-3)16(22)12-4-6-13(17)7-5-12/h4-7,11,14H,8-10H2,1-3H3,(H,18,21)/t14-/m0/s1. The van der Waals surface area contributed by atoms with Gasteiger partial charge in [-0.1, -0.05) is 0 Å². The first-order valence-electron chi connectivity index (χ1n) is 7.46. The van der Waals surface area contributed by atoms with E-state index in [9.17, 15) is 14.0 Å².